The summed E-state index contributed by atoms with van der Waals surface area (Å²) >= 11 is 1.54. The smallest absolute Gasteiger partial charge is 0.191 e. The van der Waals surface area contributed by atoms with Gasteiger partial charge in [-0.3, -0.25) is 0 Å². The van der Waals surface area contributed by atoms with E-state index in [1.54, 1.807) is 11.8 Å². The average molecular weight is 376 g/mol. The topological polar surface area (TPSA) is 55.6 Å². The summed E-state index contributed by atoms with van der Waals surface area (Å²) < 4.78 is 1.94. The van der Waals surface area contributed by atoms with Gasteiger partial charge in [0.2, 0.25) is 0 Å². The Balaban J connectivity index is 1.58. The third-order valence-corrected chi connectivity index (χ3v) is 4.93. The Morgan fingerprint density at radius 3 is 2.33 bits per heavy atom. The van der Waals surface area contributed by atoms with Gasteiger partial charge in [-0.1, -0.05) is 72.4 Å². The highest BCUT2D eigenvalue weighted by molar-refractivity contribution is 7.98. The molecule has 0 aliphatic heterocycles. The van der Waals surface area contributed by atoms with Gasteiger partial charge in [0.1, 0.15) is 5.82 Å². The second kappa shape index (κ2) is 8.22. The van der Waals surface area contributed by atoms with Gasteiger partial charge in [-0.05, 0) is 23.8 Å². The van der Waals surface area contributed by atoms with Gasteiger partial charge in [-0.2, -0.15) is 5.10 Å². The van der Waals surface area contributed by atoms with Crippen LogP contribution in [0.2, 0.25) is 0 Å². The molecule has 0 radical (unpaired) electrons. The number of hydrogen-bond donors (Lipinski definition) is 1. The average Bonchev–Trinajstić information content (AvgIpc) is 3.12. The molecule has 0 aliphatic rings. The number of nitrogens with one attached hydrogen (secondary N) is 1. The lowest BCUT2D eigenvalue weighted by atomic mass is 10.1. The van der Waals surface area contributed by atoms with E-state index in [-0.39, 0.29) is 0 Å². The van der Waals surface area contributed by atoms with Crippen LogP contribution in [0.25, 0.3) is 11.0 Å². The normalized spacial score (nSPS) is 11.0. The number of aromatic nitrogens is 4. The Labute approximate surface area is 162 Å². The van der Waals surface area contributed by atoms with Gasteiger partial charge in [0.25, 0.3) is 0 Å². The summed E-state index contributed by atoms with van der Waals surface area (Å²) in [5.74, 6) is 0.847. The van der Waals surface area contributed by atoms with E-state index in [1.807, 2.05) is 41.4 Å². The third-order valence-electron chi connectivity index (χ3n) is 4.38. The molecular weight excluding hydrogens is 354 g/mol. The first kappa shape index (κ1) is 17.5. The van der Waals surface area contributed by atoms with Crippen LogP contribution in [-0.2, 0) is 13.0 Å². The van der Waals surface area contributed by atoms with Crippen molar-refractivity contribution in [2.45, 2.75) is 18.1 Å². The predicted molar refractivity (Wildman–Crippen MR) is 111 cm³/mol. The number of anilines is 1. The van der Waals surface area contributed by atoms with Crippen LogP contribution in [0.15, 0.2) is 72.0 Å². The van der Waals surface area contributed by atoms with E-state index >= 15 is 0 Å². The van der Waals surface area contributed by atoms with E-state index < -0.39 is 0 Å². The highest BCUT2D eigenvalue weighted by atomic mass is 32.2. The van der Waals surface area contributed by atoms with Crippen molar-refractivity contribution in [1.82, 2.24) is 19.7 Å². The first-order valence-electron chi connectivity index (χ1n) is 8.93. The molecule has 2 heterocycles. The molecule has 4 rings (SSSR count). The monoisotopic (exact) mass is 375 g/mol. The number of fused-ring (bicyclic) bond motifs is 1. The summed E-state index contributed by atoms with van der Waals surface area (Å²) in [6, 6.07) is 20.8. The minimum atomic E-state index is 0.693. The van der Waals surface area contributed by atoms with Crippen molar-refractivity contribution < 1.29 is 0 Å². The lowest BCUT2D eigenvalue weighted by Gasteiger charge is -2.09. The summed E-state index contributed by atoms with van der Waals surface area (Å²) in [7, 11) is 0. The number of thioether (sulfide) groups is 1. The lowest BCUT2D eigenvalue weighted by molar-refractivity contribution is 0.699. The molecule has 4 aromatic rings. The van der Waals surface area contributed by atoms with Crippen molar-refractivity contribution in [3.05, 3.63) is 78.0 Å². The number of hydrogen-bond acceptors (Lipinski definition) is 5. The number of rotatable bonds is 7. The molecule has 0 bridgehead atoms. The molecule has 5 nitrogen and oxygen atoms in total. The second-order valence-electron chi connectivity index (χ2n) is 6.25. The SMILES string of the molecule is CSc1nc(NCCc2ccccc2)c2cnn(Cc3ccccc3)c2n1. The molecule has 0 atom stereocenters. The quantitative estimate of drug-likeness (QED) is 0.386. The molecule has 2 aromatic heterocycles. The van der Waals surface area contributed by atoms with Crippen LogP contribution in [-0.4, -0.2) is 32.5 Å². The van der Waals surface area contributed by atoms with E-state index in [9.17, 15) is 0 Å². The first-order valence-corrected chi connectivity index (χ1v) is 10.2. The molecule has 0 saturated carbocycles. The van der Waals surface area contributed by atoms with Crippen LogP contribution >= 0.6 is 11.8 Å². The molecule has 6 heteroatoms. The maximum atomic E-state index is 4.69. The van der Waals surface area contributed by atoms with Crippen LogP contribution in [0.5, 0.6) is 0 Å². The summed E-state index contributed by atoms with van der Waals surface area (Å²) in [6.45, 7) is 1.51. The summed E-state index contributed by atoms with van der Waals surface area (Å²) in [5, 5.41) is 9.73. The molecule has 2 aromatic carbocycles. The molecule has 0 aliphatic carbocycles. The molecule has 136 valence electrons. The Morgan fingerprint density at radius 1 is 0.926 bits per heavy atom. The van der Waals surface area contributed by atoms with Crippen molar-refractivity contribution in [3.8, 4) is 0 Å². The molecule has 0 fully saturated rings. The Morgan fingerprint density at radius 2 is 1.63 bits per heavy atom. The summed E-state index contributed by atoms with van der Waals surface area (Å²) in [6.07, 6.45) is 4.79. The summed E-state index contributed by atoms with van der Waals surface area (Å²) in [4.78, 5) is 9.35. The van der Waals surface area contributed by atoms with E-state index in [4.69, 9.17) is 0 Å². The van der Waals surface area contributed by atoms with Crippen LogP contribution in [0.4, 0.5) is 5.82 Å². The minimum Gasteiger partial charge on any atom is -0.369 e. The fourth-order valence-corrected chi connectivity index (χ4v) is 3.36. The Hall–Kier alpha value is -2.86. The van der Waals surface area contributed by atoms with Crippen molar-refractivity contribution in [2.24, 2.45) is 0 Å². The largest absolute Gasteiger partial charge is 0.369 e. The number of nitrogens with zero attached hydrogens (tertiary/aromatic N) is 4. The van der Waals surface area contributed by atoms with E-state index in [0.29, 0.717) is 6.54 Å². The highest BCUT2D eigenvalue weighted by Crippen LogP contribution is 2.24. The van der Waals surface area contributed by atoms with Crippen molar-refractivity contribution in [2.75, 3.05) is 18.1 Å². The van der Waals surface area contributed by atoms with Gasteiger partial charge in [0.05, 0.1) is 18.1 Å². The molecule has 0 saturated heterocycles. The zero-order chi connectivity index (χ0) is 18.5. The maximum absolute atomic E-state index is 4.69. The Bertz CT molecular complexity index is 1010. The standard InChI is InChI=1S/C21H21N5S/c1-27-21-24-19(22-13-12-16-8-4-2-5-9-16)18-14-23-26(20(18)25-21)15-17-10-6-3-7-11-17/h2-11,14H,12-13,15H2,1H3,(H,22,24,25). The Kier molecular flexibility index (Phi) is 5.34. The van der Waals surface area contributed by atoms with Gasteiger partial charge in [0, 0.05) is 6.54 Å². The van der Waals surface area contributed by atoms with Crippen LogP contribution < -0.4 is 5.32 Å². The zero-order valence-corrected chi connectivity index (χ0v) is 16.0. The first-order chi connectivity index (χ1) is 13.3. The zero-order valence-electron chi connectivity index (χ0n) is 15.2. The lowest BCUT2D eigenvalue weighted by Crippen LogP contribution is -2.08. The van der Waals surface area contributed by atoms with Crippen molar-refractivity contribution in [3.63, 3.8) is 0 Å². The number of benzene rings is 2. The predicted octanol–water partition coefficient (Wildman–Crippen LogP) is 4.25. The van der Waals surface area contributed by atoms with Crippen LogP contribution in [0.1, 0.15) is 11.1 Å². The van der Waals surface area contributed by atoms with Crippen molar-refractivity contribution >= 4 is 28.6 Å². The fourth-order valence-electron chi connectivity index (χ4n) is 3.00. The molecule has 0 amide bonds. The molecule has 27 heavy (non-hydrogen) atoms. The summed E-state index contributed by atoms with van der Waals surface area (Å²) in [5.41, 5.74) is 3.37. The molecule has 1 N–H and O–H groups in total. The van der Waals surface area contributed by atoms with Crippen molar-refractivity contribution in [1.29, 1.82) is 0 Å². The molecule has 0 spiro atoms. The fraction of sp³-hybridized carbons (Fsp3) is 0.190. The molecular formula is C21H21N5S. The van der Waals surface area contributed by atoms with Crippen LogP contribution in [0, 0.1) is 0 Å². The second-order valence-corrected chi connectivity index (χ2v) is 7.02. The minimum absolute atomic E-state index is 0.693. The third kappa shape index (κ3) is 4.11. The van der Waals surface area contributed by atoms with Gasteiger partial charge >= 0.3 is 0 Å². The van der Waals surface area contributed by atoms with E-state index in [1.165, 1.54) is 11.1 Å². The van der Waals surface area contributed by atoms with Gasteiger partial charge in [-0.15, -0.1) is 0 Å². The van der Waals surface area contributed by atoms with Gasteiger partial charge < -0.3 is 5.32 Å². The van der Waals surface area contributed by atoms with Crippen LogP contribution in [0.3, 0.4) is 0 Å². The van der Waals surface area contributed by atoms with Gasteiger partial charge in [-0.25, -0.2) is 14.6 Å². The molecule has 0 unspecified atom stereocenters. The maximum Gasteiger partial charge on any atom is 0.191 e. The van der Waals surface area contributed by atoms with E-state index in [0.717, 1.165) is 35.0 Å². The van der Waals surface area contributed by atoms with E-state index in [2.05, 4.69) is 56.8 Å². The van der Waals surface area contributed by atoms with Gasteiger partial charge in [0.15, 0.2) is 10.8 Å². The highest BCUT2D eigenvalue weighted by Gasteiger charge is 2.13.